The minimum absolute atomic E-state index is 0.0241. The highest BCUT2D eigenvalue weighted by atomic mass is 16.2. The Balaban J connectivity index is 1.46. The van der Waals surface area contributed by atoms with Crippen LogP contribution in [-0.2, 0) is 16.1 Å². The molecule has 2 fully saturated rings. The predicted molar refractivity (Wildman–Crippen MR) is 110 cm³/mol. The van der Waals surface area contributed by atoms with Crippen LogP contribution in [0.5, 0.6) is 0 Å². The summed E-state index contributed by atoms with van der Waals surface area (Å²) in [6.07, 6.45) is 4.79. The molecule has 0 radical (unpaired) electrons. The number of hydrogen-bond donors (Lipinski definition) is 2. The third-order valence-electron chi connectivity index (χ3n) is 5.37. The van der Waals surface area contributed by atoms with Gasteiger partial charge in [-0.25, -0.2) is 0 Å². The van der Waals surface area contributed by atoms with Crippen LogP contribution in [0, 0.1) is 0 Å². The van der Waals surface area contributed by atoms with Crippen molar-refractivity contribution in [3.63, 3.8) is 0 Å². The van der Waals surface area contributed by atoms with Crippen LogP contribution in [0.1, 0.15) is 49.3 Å². The average molecular weight is 377 g/mol. The van der Waals surface area contributed by atoms with Crippen LogP contribution in [-0.4, -0.2) is 24.4 Å². The Morgan fingerprint density at radius 2 is 1.89 bits per heavy atom. The van der Waals surface area contributed by atoms with E-state index in [9.17, 15) is 9.59 Å². The fourth-order valence-corrected chi connectivity index (χ4v) is 3.65. The molecule has 1 aliphatic carbocycles. The Kier molecular flexibility index (Phi) is 5.72. The predicted octanol–water partition coefficient (Wildman–Crippen LogP) is 3.31. The smallest absolute Gasteiger partial charge is 0.241 e. The zero-order valence-corrected chi connectivity index (χ0v) is 16.1. The van der Waals surface area contributed by atoms with Crippen molar-refractivity contribution in [2.24, 2.45) is 0 Å². The first-order chi connectivity index (χ1) is 13.7. The van der Waals surface area contributed by atoms with Crippen molar-refractivity contribution < 1.29 is 9.59 Å². The largest absolute Gasteiger partial charge is 0.352 e. The summed E-state index contributed by atoms with van der Waals surface area (Å²) in [5.74, 6) is 0.221. The highest BCUT2D eigenvalue weighted by Gasteiger charge is 2.28. The van der Waals surface area contributed by atoms with Gasteiger partial charge < -0.3 is 10.2 Å². The van der Waals surface area contributed by atoms with Crippen LogP contribution in [0.15, 0.2) is 54.6 Å². The lowest BCUT2D eigenvalue weighted by Crippen LogP contribution is -2.38. The number of nitrogens with zero attached hydrogens (tertiary/aromatic N) is 1. The van der Waals surface area contributed by atoms with Crippen LogP contribution in [0.4, 0.5) is 5.69 Å². The van der Waals surface area contributed by atoms with Crippen LogP contribution in [0.2, 0.25) is 0 Å². The van der Waals surface area contributed by atoms with Gasteiger partial charge in [0.05, 0.1) is 0 Å². The SMILES string of the molecule is O=C(NC1CC1)C(NCc1cccc(N2CCCCC2=O)c1)c1ccccc1. The topological polar surface area (TPSA) is 61.4 Å². The van der Waals surface area contributed by atoms with E-state index in [1.165, 1.54) is 0 Å². The third-order valence-corrected chi connectivity index (χ3v) is 5.37. The first-order valence-corrected chi connectivity index (χ1v) is 10.2. The number of amides is 2. The number of piperidine rings is 1. The van der Waals surface area contributed by atoms with Gasteiger partial charge in [0.15, 0.2) is 0 Å². The molecule has 0 spiro atoms. The molecule has 1 saturated carbocycles. The molecule has 5 heteroatoms. The minimum Gasteiger partial charge on any atom is -0.352 e. The summed E-state index contributed by atoms with van der Waals surface area (Å²) in [4.78, 5) is 26.8. The zero-order chi connectivity index (χ0) is 19.3. The van der Waals surface area contributed by atoms with E-state index < -0.39 is 0 Å². The Morgan fingerprint density at radius 3 is 2.64 bits per heavy atom. The van der Waals surface area contributed by atoms with Crippen molar-refractivity contribution in [3.05, 3.63) is 65.7 Å². The molecule has 2 N–H and O–H groups in total. The van der Waals surface area contributed by atoms with E-state index >= 15 is 0 Å². The summed E-state index contributed by atoms with van der Waals surface area (Å²) in [5, 5.41) is 6.51. The fourth-order valence-electron chi connectivity index (χ4n) is 3.65. The number of anilines is 1. The zero-order valence-electron chi connectivity index (χ0n) is 16.1. The second-order valence-electron chi connectivity index (χ2n) is 7.68. The lowest BCUT2D eigenvalue weighted by molar-refractivity contribution is -0.123. The molecule has 0 bridgehead atoms. The van der Waals surface area contributed by atoms with E-state index in [-0.39, 0.29) is 17.9 Å². The number of carbonyl (C=O) groups is 2. The molecular weight excluding hydrogens is 350 g/mol. The lowest BCUT2D eigenvalue weighted by Gasteiger charge is -2.27. The molecule has 1 atom stereocenters. The van der Waals surface area contributed by atoms with E-state index in [0.29, 0.717) is 19.0 Å². The highest BCUT2D eigenvalue weighted by Crippen LogP contribution is 2.24. The molecule has 5 nitrogen and oxygen atoms in total. The maximum atomic E-state index is 12.7. The Morgan fingerprint density at radius 1 is 1.07 bits per heavy atom. The first-order valence-electron chi connectivity index (χ1n) is 10.2. The summed E-state index contributed by atoms with van der Waals surface area (Å²) >= 11 is 0. The standard InChI is InChI=1S/C23H27N3O2/c27-21-11-4-5-14-26(21)20-10-6-7-17(15-20)16-24-22(18-8-2-1-3-9-18)23(28)25-19-12-13-19/h1-3,6-10,15,19,22,24H,4-5,11-14,16H2,(H,25,28). The molecule has 146 valence electrons. The number of rotatable bonds is 7. The van der Waals surface area contributed by atoms with Gasteiger partial charge in [-0.2, -0.15) is 0 Å². The minimum atomic E-state index is -0.387. The van der Waals surface area contributed by atoms with Gasteiger partial charge in [-0.05, 0) is 48.9 Å². The van der Waals surface area contributed by atoms with Gasteiger partial charge in [-0.15, -0.1) is 0 Å². The van der Waals surface area contributed by atoms with Crippen LogP contribution >= 0.6 is 0 Å². The molecule has 1 saturated heterocycles. The number of nitrogens with one attached hydrogen (secondary N) is 2. The molecule has 1 aliphatic heterocycles. The van der Waals surface area contributed by atoms with E-state index in [4.69, 9.17) is 0 Å². The molecule has 2 aromatic rings. The van der Waals surface area contributed by atoms with Crippen molar-refractivity contribution in [2.75, 3.05) is 11.4 Å². The van der Waals surface area contributed by atoms with E-state index in [1.54, 1.807) is 0 Å². The molecule has 28 heavy (non-hydrogen) atoms. The van der Waals surface area contributed by atoms with Gasteiger partial charge in [0.2, 0.25) is 11.8 Å². The maximum Gasteiger partial charge on any atom is 0.241 e. The summed E-state index contributed by atoms with van der Waals surface area (Å²) < 4.78 is 0. The second-order valence-corrected chi connectivity index (χ2v) is 7.68. The van der Waals surface area contributed by atoms with Crippen molar-refractivity contribution in [2.45, 2.75) is 50.7 Å². The van der Waals surface area contributed by atoms with Crippen LogP contribution in [0.3, 0.4) is 0 Å². The summed E-state index contributed by atoms with van der Waals surface area (Å²) in [6.45, 7) is 1.35. The lowest BCUT2D eigenvalue weighted by atomic mass is 10.0. The monoisotopic (exact) mass is 377 g/mol. The highest BCUT2D eigenvalue weighted by molar-refractivity contribution is 5.94. The average Bonchev–Trinajstić information content (AvgIpc) is 3.53. The molecule has 1 unspecified atom stereocenters. The first kappa shape index (κ1) is 18.7. The van der Waals surface area contributed by atoms with Crippen molar-refractivity contribution in [3.8, 4) is 0 Å². The Labute approximate surface area is 166 Å². The molecule has 0 aromatic heterocycles. The molecule has 2 aliphatic rings. The van der Waals surface area contributed by atoms with Gasteiger partial charge in [0.25, 0.3) is 0 Å². The van der Waals surface area contributed by atoms with E-state index in [2.05, 4.69) is 16.7 Å². The maximum absolute atomic E-state index is 12.7. The van der Waals surface area contributed by atoms with Gasteiger partial charge in [0, 0.05) is 31.2 Å². The van der Waals surface area contributed by atoms with Gasteiger partial charge in [0.1, 0.15) is 6.04 Å². The van der Waals surface area contributed by atoms with Crippen molar-refractivity contribution in [1.82, 2.24) is 10.6 Å². The summed E-state index contributed by atoms with van der Waals surface area (Å²) in [7, 11) is 0. The van der Waals surface area contributed by atoms with Gasteiger partial charge >= 0.3 is 0 Å². The third kappa shape index (κ3) is 4.60. The Bertz CT molecular complexity index is 833. The van der Waals surface area contributed by atoms with Crippen LogP contribution < -0.4 is 15.5 Å². The normalized spacial score (nSPS) is 18.0. The number of hydrogen-bond acceptors (Lipinski definition) is 3. The summed E-state index contributed by atoms with van der Waals surface area (Å²) in [5.41, 5.74) is 2.97. The molecule has 2 aromatic carbocycles. The van der Waals surface area contributed by atoms with Gasteiger partial charge in [-0.3, -0.25) is 14.9 Å². The van der Waals surface area contributed by atoms with E-state index in [1.807, 2.05) is 53.4 Å². The van der Waals surface area contributed by atoms with Crippen molar-refractivity contribution in [1.29, 1.82) is 0 Å². The Hall–Kier alpha value is -2.66. The van der Waals surface area contributed by atoms with E-state index in [0.717, 1.165) is 49.0 Å². The number of benzene rings is 2. The molecule has 1 heterocycles. The van der Waals surface area contributed by atoms with Crippen LogP contribution in [0.25, 0.3) is 0 Å². The quantitative estimate of drug-likeness (QED) is 0.778. The molecular formula is C23H27N3O2. The second kappa shape index (κ2) is 8.57. The summed E-state index contributed by atoms with van der Waals surface area (Å²) in [6, 6.07) is 17.8. The van der Waals surface area contributed by atoms with Crippen molar-refractivity contribution >= 4 is 17.5 Å². The molecule has 2 amide bonds. The molecule has 4 rings (SSSR count). The fraction of sp³-hybridized carbons (Fsp3) is 0.391. The number of carbonyl (C=O) groups excluding carboxylic acids is 2. The van der Waals surface area contributed by atoms with Gasteiger partial charge in [-0.1, -0.05) is 42.5 Å².